The predicted octanol–water partition coefficient (Wildman–Crippen LogP) is 3.58. The Hall–Kier alpha value is -1.62. The zero-order valence-electron chi connectivity index (χ0n) is 13.4. The third-order valence-electron chi connectivity index (χ3n) is 2.79. The number of nitrogens with one attached hydrogen (secondary N) is 1. The monoisotopic (exact) mass is 329 g/mol. The Morgan fingerprint density at radius 1 is 1.27 bits per heavy atom. The number of hydrogen-bond donors (Lipinski definition) is 1. The summed E-state index contributed by atoms with van der Waals surface area (Å²) in [4.78, 5) is 24.3. The van der Waals surface area contributed by atoms with Crippen molar-refractivity contribution in [3.05, 3.63) is 34.6 Å². The Morgan fingerprint density at radius 2 is 1.86 bits per heavy atom. The Morgan fingerprint density at radius 3 is 2.32 bits per heavy atom. The van der Waals surface area contributed by atoms with E-state index in [4.69, 9.17) is 16.3 Å². The van der Waals surface area contributed by atoms with Crippen molar-refractivity contribution < 1.29 is 18.7 Å². The third-order valence-corrected chi connectivity index (χ3v) is 3.02. The molecule has 122 valence electrons. The van der Waals surface area contributed by atoms with Crippen LogP contribution >= 0.6 is 11.6 Å². The lowest BCUT2D eigenvalue weighted by molar-refractivity contribution is -0.158. The quantitative estimate of drug-likeness (QED) is 0.859. The molecule has 1 aromatic carbocycles. The first-order valence-corrected chi connectivity index (χ1v) is 7.38. The van der Waals surface area contributed by atoms with Gasteiger partial charge in [0, 0.05) is 5.02 Å². The van der Waals surface area contributed by atoms with E-state index in [9.17, 15) is 14.0 Å². The van der Waals surface area contributed by atoms with Gasteiger partial charge in [-0.25, -0.2) is 9.18 Å². The number of ether oxygens (including phenoxy) is 1. The van der Waals surface area contributed by atoms with Gasteiger partial charge in [0.25, 0.3) is 5.91 Å². The second kappa shape index (κ2) is 7.09. The summed E-state index contributed by atoms with van der Waals surface area (Å²) in [7, 11) is 0. The minimum absolute atomic E-state index is 0.168. The van der Waals surface area contributed by atoms with Gasteiger partial charge in [0.05, 0.1) is 5.56 Å². The number of carbonyl (C=O) groups excluding carboxylic acids is 2. The largest absolute Gasteiger partial charge is 0.458 e. The van der Waals surface area contributed by atoms with Crippen LogP contribution in [0.15, 0.2) is 18.2 Å². The topological polar surface area (TPSA) is 55.4 Å². The van der Waals surface area contributed by atoms with Gasteiger partial charge in [-0.2, -0.15) is 0 Å². The summed E-state index contributed by atoms with van der Waals surface area (Å²) in [5.74, 6) is -2.17. The smallest absolute Gasteiger partial charge is 0.329 e. The second-order valence-corrected chi connectivity index (χ2v) is 6.79. The average Bonchev–Trinajstić information content (AvgIpc) is 2.32. The molecule has 6 heteroatoms. The molecule has 0 radical (unpaired) electrons. The van der Waals surface area contributed by atoms with Crippen LogP contribution in [0.5, 0.6) is 0 Å². The SMILES string of the molecule is CC(C)[C@@H](NC(=O)c1ccc(Cl)cc1F)C(=O)OC(C)(C)C. The molecule has 0 saturated carbocycles. The van der Waals surface area contributed by atoms with E-state index in [1.54, 1.807) is 34.6 Å². The molecule has 0 fully saturated rings. The summed E-state index contributed by atoms with van der Waals surface area (Å²) in [6.07, 6.45) is 0. The lowest BCUT2D eigenvalue weighted by Crippen LogP contribution is -2.47. The molecule has 4 nitrogen and oxygen atoms in total. The van der Waals surface area contributed by atoms with Crippen molar-refractivity contribution in [2.75, 3.05) is 0 Å². The molecule has 1 N–H and O–H groups in total. The van der Waals surface area contributed by atoms with Gasteiger partial charge in [-0.15, -0.1) is 0 Å². The highest BCUT2D eigenvalue weighted by Gasteiger charge is 2.30. The van der Waals surface area contributed by atoms with Crippen LogP contribution in [-0.4, -0.2) is 23.5 Å². The molecule has 0 spiro atoms. The van der Waals surface area contributed by atoms with E-state index >= 15 is 0 Å². The van der Waals surface area contributed by atoms with Gasteiger partial charge in [-0.1, -0.05) is 25.4 Å². The zero-order valence-corrected chi connectivity index (χ0v) is 14.1. The van der Waals surface area contributed by atoms with Crippen molar-refractivity contribution in [3.63, 3.8) is 0 Å². The molecule has 0 bridgehead atoms. The first-order chi connectivity index (χ1) is 10.0. The van der Waals surface area contributed by atoms with E-state index in [-0.39, 0.29) is 16.5 Å². The number of hydrogen-bond acceptors (Lipinski definition) is 3. The summed E-state index contributed by atoms with van der Waals surface area (Å²) in [6.45, 7) is 8.76. The number of rotatable bonds is 4. The average molecular weight is 330 g/mol. The maximum Gasteiger partial charge on any atom is 0.329 e. The predicted molar refractivity (Wildman–Crippen MR) is 83.3 cm³/mol. The highest BCUT2D eigenvalue weighted by molar-refractivity contribution is 6.30. The van der Waals surface area contributed by atoms with Crippen LogP contribution < -0.4 is 5.32 Å². The number of benzene rings is 1. The van der Waals surface area contributed by atoms with Crippen LogP contribution in [0.3, 0.4) is 0 Å². The standard InChI is InChI=1S/C16H21ClFNO3/c1-9(2)13(15(21)22-16(3,4)5)19-14(20)11-7-6-10(17)8-12(11)18/h6-9,13H,1-5H3,(H,19,20)/t13-/m1/s1. The van der Waals surface area contributed by atoms with Gasteiger partial charge in [0.2, 0.25) is 0 Å². The lowest BCUT2D eigenvalue weighted by atomic mass is 10.0. The van der Waals surface area contributed by atoms with Crippen molar-refractivity contribution in [2.45, 2.75) is 46.3 Å². The van der Waals surface area contributed by atoms with Crippen LogP contribution in [0.2, 0.25) is 5.02 Å². The molecule has 1 amide bonds. The normalized spacial score (nSPS) is 12.9. The van der Waals surface area contributed by atoms with Gasteiger partial charge < -0.3 is 10.1 Å². The molecule has 0 aliphatic heterocycles. The molecule has 1 atom stereocenters. The summed E-state index contributed by atoms with van der Waals surface area (Å²) in [6, 6.07) is 2.88. The molecule has 0 aliphatic rings. The number of carbonyl (C=O) groups is 2. The number of esters is 1. The van der Waals surface area contributed by atoms with Crippen LogP contribution in [-0.2, 0) is 9.53 Å². The van der Waals surface area contributed by atoms with Crippen molar-refractivity contribution in [1.82, 2.24) is 5.32 Å². The van der Waals surface area contributed by atoms with Crippen LogP contribution in [0.25, 0.3) is 0 Å². The van der Waals surface area contributed by atoms with Crippen molar-refractivity contribution in [3.8, 4) is 0 Å². The molecule has 0 heterocycles. The molecule has 0 aliphatic carbocycles. The fourth-order valence-electron chi connectivity index (χ4n) is 1.76. The fourth-order valence-corrected chi connectivity index (χ4v) is 1.91. The van der Waals surface area contributed by atoms with Gasteiger partial charge >= 0.3 is 5.97 Å². The van der Waals surface area contributed by atoms with E-state index < -0.39 is 29.3 Å². The van der Waals surface area contributed by atoms with Crippen LogP contribution in [0, 0.1) is 11.7 Å². The van der Waals surface area contributed by atoms with E-state index in [0.29, 0.717) is 0 Å². The van der Waals surface area contributed by atoms with Gasteiger partial charge in [0.1, 0.15) is 17.5 Å². The fraction of sp³-hybridized carbons (Fsp3) is 0.500. The molecule has 1 aromatic rings. The zero-order chi connectivity index (χ0) is 17.1. The van der Waals surface area contributed by atoms with Gasteiger partial charge in [-0.3, -0.25) is 4.79 Å². The highest BCUT2D eigenvalue weighted by Crippen LogP contribution is 2.16. The molecular weight excluding hydrogens is 309 g/mol. The van der Waals surface area contributed by atoms with E-state index in [0.717, 1.165) is 6.07 Å². The van der Waals surface area contributed by atoms with Crippen LogP contribution in [0.1, 0.15) is 45.0 Å². The molecule has 1 rings (SSSR count). The van der Waals surface area contributed by atoms with Crippen molar-refractivity contribution >= 4 is 23.5 Å². The molecule has 0 saturated heterocycles. The van der Waals surface area contributed by atoms with E-state index in [1.165, 1.54) is 12.1 Å². The Bertz CT molecular complexity index is 567. The lowest BCUT2D eigenvalue weighted by Gasteiger charge is -2.26. The minimum Gasteiger partial charge on any atom is -0.458 e. The van der Waals surface area contributed by atoms with Crippen LogP contribution in [0.4, 0.5) is 4.39 Å². The summed E-state index contributed by atoms with van der Waals surface area (Å²) in [5.41, 5.74) is -0.834. The van der Waals surface area contributed by atoms with Crippen molar-refractivity contribution in [1.29, 1.82) is 0 Å². The summed E-state index contributed by atoms with van der Waals surface area (Å²) >= 11 is 5.66. The summed E-state index contributed by atoms with van der Waals surface area (Å²) in [5, 5.41) is 2.71. The minimum atomic E-state index is -0.859. The third kappa shape index (κ3) is 5.30. The Kier molecular flexibility index (Phi) is 5.94. The molecule has 0 unspecified atom stereocenters. The number of amides is 1. The first kappa shape index (κ1) is 18.4. The highest BCUT2D eigenvalue weighted by atomic mass is 35.5. The van der Waals surface area contributed by atoms with Crippen molar-refractivity contribution in [2.24, 2.45) is 5.92 Å². The van der Waals surface area contributed by atoms with Gasteiger partial charge in [0.15, 0.2) is 0 Å². The van der Waals surface area contributed by atoms with Gasteiger partial charge in [-0.05, 0) is 44.9 Å². The Labute approximate surface area is 135 Å². The van der Waals surface area contributed by atoms with E-state index in [2.05, 4.69) is 5.32 Å². The maximum absolute atomic E-state index is 13.8. The maximum atomic E-state index is 13.8. The number of halogens is 2. The van der Waals surface area contributed by atoms with E-state index in [1.807, 2.05) is 0 Å². The molecular formula is C16H21ClFNO3. The Balaban J connectivity index is 2.91. The molecule has 0 aromatic heterocycles. The first-order valence-electron chi connectivity index (χ1n) is 7.00. The molecule has 22 heavy (non-hydrogen) atoms. The summed E-state index contributed by atoms with van der Waals surface area (Å²) < 4.78 is 19.0. The second-order valence-electron chi connectivity index (χ2n) is 6.35.